The molecule has 0 spiro atoms. The summed E-state index contributed by atoms with van der Waals surface area (Å²) in [7, 11) is 0. The number of piperazine rings is 1. The number of amides is 1. The fraction of sp³-hybridized carbons (Fsp3) is 0.647. The first-order chi connectivity index (χ1) is 11.7. The molecule has 24 heavy (non-hydrogen) atoms. The minimum Gasteiger partial charge on any atom is -0.353 e. The van der Waals surface area contributed by atoms with Crippen LogP contribution in [0.15, 0.2) is 18.3 Å². The second kappa shape index (κ2) is 8.92. The molecule has 0 N–H and O–H groups in total. The lowest BCUT2D eigenvalue weighted by atomic mass is 10.3. The Bertz CT molecular complexity index is 528. The normalized spacial score (nSPS) is 19.0. The summed E-state index contributed by atoms with van der Waals surface area (Å²) in [6, 6.07) is 3.80. The first-order valence-corrected chi connectivity index (χ1v) is 10.2. The van der Waals surface area contributed by atoms with Crippen molar-refractivity contribution in [2.75, 3.05) is 62.2 Å². The number of thioether (sulfide) groups is 1. The topological polar surface area (TPSA) is 39.7 Å². The van der Waals surface area contributed by atoms with Crippen LogP contribution in [0.5, 0.6) is 0 Å². The number of hydrogen-bond acceptors (Lipinski definition) is 5. The van der Waals surface area contributed by atoms with Gasteiger partial charge in [0.2, 0.25) is 5.91 Å². The monoisotopic (exact) mass is 368 g/mol. The van der Waals surface area contributed by atoms with Crippen LogP contribution >= 0.6 is 23.4 Å². The van der Waals surface area contributed by atoms with E-state index in [1.807, 2.05) is 17.0 Å². The molecule has 132 valence electrons. The molecule has 0 bridgehead atoms. The quantitative estimate of drug-likeness (QED) is 0.720. The SMILES string of the molecule is O=C(CSCCN1CCCC1)N1CCN(c2ccc(Cl)cn2)CC1. The Morgan fingerprint density at radius 3 is 2.54 bits per heavy atom. The molecule has 0 atom stereocenters. The van der Waals surface area contributed by atoms with Gasteiger partial charge in [-0.05, 0) is 38.1 Å². The Morgan fingerprint density at radius 2 is 1.88 bits per heavy atom. The highest BCUT2D eigenvalue weighted by molar-refractivity contribution is 7.99. The lowest BCUT2D eigenvalue weighted by molar-refractivity contribution is -0.128. The standard InChI is InChI=1S/C17H25ClN4OS/c18-15-3-4-16(19-13-15)21-7-9-22(10-8-21)17(23)14-24-12-11-20-5-1-2-6-20/h3-4,13H,1-2,5-12,14H2. The molecule has 7 heteroatoms. The number of hydrogen-bond donors (Lipinski definition) is 0. The first kappa shape index (κ1) is 17.8. The Kier molecular flexibility index (Phi) is 6.63. The van der Waals surface area contributed by atoms with Gasteiger partial charge in [-0.15, -0.1) is 0 Å². The predicted molar refractivity (Wildman–Crippen MR) is 101 cm³/mol. The minimum absolute atomic E-state index is 0.269. The number of carbonyl (C=O) groups is 1. The van der Waals surface area contributed by atoms with Gasteiger partial charge in [-0.3, -0.25) is 4.79 Å². The van der Waals surface area contributed by atoms with Crippen molar-refractivity contribution in [1.82, 2.24) is 14.8 Å². The van der Waals surface area contributed by atoms with E-state index in [1.165, 1.54) is 25.9 Å². The average Bonchev–Trinajstić information content (AvgIpc) is 3.13. The zero-order valence-electron chi connectivity index (χ0n) is 14.0. The van der Waals surface area contributed by atoms with Crippen molar-refractivity contribution in [3.05, 3.63) is 23.4 Å². The summed E-state index contributed by atoms with van der Waals surface area (Å²) in [6.45, 7) is 6.79. The van der Waals surface area contributed by atoms with E-state index in [-0.39, 0.29) is 5.91 Å². The maximum Gasteiger partial charge on any atom is 0.232 e. The predicted octanol–water partition coefficient (Wildman–Crippen LogP) is 2.21. The first-order valence-electron chi connectivity index (χ1n) is 8.67. The summed E-state index contributed by atoms with van der Waals surface area (Å²) < 4.78 is 0. The zero-order valence-corrected chi connectivity index (χ0v) is 15.6. The molecule has 0 saturated carbocycles. The van der Waals surface area contributed by atoms with Crippen LogP contribution in [0.2, 0.25) is 5.02 Å². The van der Waals surface area contributed by atoms with Crippen molar-refractivity contribution in [3.63, 3.8) is 0 Å². The van der Waals surface area contributed by atoms with E-state index in [1.54, 1.807) is 18.0 Å². The number of anilines is 1. The van der Waals surface area contributed by atoms with Gasteiger partial charge in [-0.2, -0.15) is 11.8 Å². The Morgan fingerprint density at radius 1 is 1.12 bits per heavy atom. The zero-order chi connectivity index (χ0) is 16.8. The Balaban J connectivity index is 1.34. The molecule has 0 unspecified atom stereocenters. The molecule has 3 rings (SSSR count). The Labute approximate surface area is 153 Å². The van der Waals surface area contributed by atoms with E-state index >= 15 is 0 Å². The molecule has 0 radical (unpaired) electrons. The fourth-order valence-electron chi connectivity index (χ4n) is 3.19. The number of carbonyl (C=O) groups excluding carboxylic acids is 1. The van der Waals surface area contributed by atoms with Crippen LogP contribution < -0.4 is 4.90 Å². The molecule has 3 heterocycles. The van der Waals surface area contributed by atoms with Gasteiger partial charge in [-0.25, -0.2) is 4.98 Å². The maximum atomic E-state index is 12.3. The molecule has 5 nitrogen and oxygen atoms in total. The van der Waals surface area contributed by atoms with E-state index in [2.05, 4.69) is 14.8 Å². The van der Waals surface area contributed by atoms with Crippen molar-refractivity contribution in [3.8, 4) is 0 Å². The van der Waals surface area contributed by atoms with Gasteiger partial charge in [0.25, 0.3) is 0 Å². The minimum atomic E-state index is 0.269. The second-order valence-electron chi connectivity index (χ2n) is 6.30. The summed E-state index contributed by atoms with van der Waals surface area (Å²) in [4.78, 5) is 23.4. The molecular weight excluding hydrogens is 344 g/mol. The summed E-state index contributed by atoms with van der Waals surface area (Å²) >= 11 is 7.65. The number of nitrogens with zero attached hydrogens (tertiary/aromatic N) is 4. The third-order valence-corrected chi connectivity index (χ3v) is 5.79. The molecule has 1 aromatic rings. The largest absolute Gasteiger partial charge is 0.353 e. The maximum absolute atomic E-state index is 12.3. The van der Waals surface area contributed by atoms with Crippen molar-refractivity contribution in [2.45, 2.75) is 12.8 Å². The molecule has 2 fully saturated rings. The van der Waals surface area contributed by atoms with Crippen molar-refractivity contribution < 1.29 is 4.79 Å². The summed E-state index contributed by atoms with van der Waals surface area (Å²) in [5.41, 5.74) is 0. The van der Waals surface area contributed by atoms with Crippen LogP contribution in [0, 0.1) is 0 Å². The third-order valence-electron chi connectivity index (χ3n) is 4.64. The van der Waals surface area contributed by atoms with Gasteiger partial charge < -0.3 is 14.7 Å². The van der Waals surface area contributed by atoms with Crippen LogP contribution in [0.4, 0.5) is 5.82 Å². The lowest BCUT2D eigenvalue weighted by Gasteiger charge is -2.35. The summed E-state index contributed by atoms with van der Waals surface area (Å²) in [5.74, 6) is 2.87. The van der Waals surface area contributed by atoms with Crippen LogP contribution in [-0.4, -0.2) is 78.0 Å². The van der Waals surface area contributed by atoms with Crippen molar-refractivity contribution in [1.29, 1.82) is 0 Å². The van der Waals surface area contributed by atoms with Gasteiger partial charge in [0, 0.05) is 44.7 Å². The van der Waals surface area contributed by atoms with Gasteiger partial charge in [0.15, 0.2) is 0 Å². The van der Waals surface area contributed by atoms with Crippen LogP contribution in [0.1, 0.15) is 12.8 Å². The van der Waals surface area contributed by atoms with E-state index in [0.29, 0.717) is 10.8 Å². The molecule has 1 amide bonds. The smallest absolute Gasteiger partial charge is 0.232 e. The van der Waals surface area contributed by atoms with E-state index < -0.39 is 0 Å². The highest BCUT2D eigenvalue weighted by atomic mass is 35.5. The van der Waals surface area contributed by atoms with E-state index in [9.17, 15) is 4.79 Å². The highest BCUT2D eigenvalue weighted by Gasteiger charge is 2.21. The molecule has 0 aromatic carbocycles. The van der Waals surface area contributed by atoms with E-state index in [0.717, 1.165) is 44.3 Å². The number of aromatic nitrogens is 1. The lowest BCUT2D eigenvalue weighted by Crippen LogP contribution is -2.49. The van der Waals surface area contributed by atoms with Gasteiger partial charge in [0.1, 0.15) is 5.82 Å². The van der Waals surface area contributed by atoms with Crippen molar-refractivity contribution in [2.24, 2.45) is 0 Å². The van der Waals surface area contributed by atoms with Gasteiger partial charge in [0.05, 0.1) is 10.8 Å². The van der Waals surface area contributed by atoms with Gasteiger partial charge in [-0.1, -0.05) is 11.6 Å². The van der Waals surface area contributed by atoms with Gasteiger partial charge >= 0.3 is 0 Å². The van der Waals surface area contributed by atoms with Crippen LogP contribution in [-0.2, 0) is 4.79 Å². The fourth-order valence-corrected chi connectivity index (χ4v) is 4.19. The number of halogens is 1. The van der Waals surface area contributed by atoms with Crippen molar-refractivity contribution >= 4 is 35.1 Å². The second-order valence-corrected chi connectivity index (χ2v) is 7.85. The molecular formula is C17H25ClN4OS. The Hall–Kier alpha value is -0.980. The van der Waals surface area contributed by atoms with E-state index in [4.69, 9.17) is 11.6 Å². The number of likely N-dealkylation sites (tertiary alicyclic amines) is 1. The molecule has 0 aliphatic carbocycles. The average molecular weight is 369 g/mol. The molecule has 2 aliphatic heterocycles. The number of pyridine rings is 1. The molecule has 1 aromatic heterocycles. The van der Waals surface area contributed by atoms with Crippen LogP contribution in [0.3, 0.4) is 0 Å². The molecule has 2 saturated heterocycles. The number of rotatable bonds is 6. The highest BCUT2D eigenvalue weighted by Crippen LogP contribution is 2.17. The van der Waals surface area contributed by atoms with Crippen LogP contribution in [0.25, 0.3) is 0 Å². The molecule has 2 aliphatic rings. The third kappa shape index (κ3) is 5.01. The summed E-state index contributed by atoms with van der Waals surface area (Å²) in [5, 5.41) is 0.651. The summed E-state index contributed by atoms with van der Waals surface area (Å²) in [6.07, 6.45) is 4.33.